The van der Waals surface area contributed by atoms with E-state index in [2.05, 4.69) is 10.3 Å². The lowest BCUT2D eigenvalue weighted by atomic mass is 10.2. The van der Waals surface area contributed by atoms with Crippen molar-refractivity contribution in [1.29, 1.82) is 0 Å². The van der Waals surface area contributed by atoms with Crippen LogP contribution in [0.3, 0.4) is 0 Å². The van der Waals surface area contributed by atoms with Crippen LogP contribution in [0.25, 0.3) is 0 Å². The van der Waals surface area contributed by atoms with Gasteiger partial charge in [0.05, 0.1) is 23.3 Å². The molecule has 0 aliphatic carbocycles. The minimum Gasteiger partial charge on any atom is -0.324 e. The lowest BCUT2D eigenvalue weighted by Gasteiger charge is -2.09. The second-order valence-electron chi connectivity index (χ2n) is 3.38. The maximum Gasteiger partial charge on any atom is 0.237 e. The lowest BCUT2D eigenvalue weighted by molar-refractivity contribution is -0.115. The number of carbonyl (C=O) groups excluding carboxylic acids is 1. The second-order valence-corrected chi connectivity index (χ2v) is 4.69. The third-order valence-electron chi connectivity index (χ3n) is 2.19. The topological polar surface area (TPSA) is 42.0 Å². The minimum atomic E-state index is -0.438. The average Bonchev–Trinajstić information content (AvgIpc) is 2.70. The molecule has 2 heterocycles. The molecule has 1 aromatic rings. The largest absolute Gasteiger partial charge is 0.324 e. The van der Waals surface area contributed by atoms with Gasteiger partial charge in [-0.3, -0.25) is 9.78 Å². The zero-order valence-corrected chi connectivity index (χ0v) is 8.89. The smallest absolute Gasteiger partial charge is 0.237 e. The first-order valence-electron chi connectivity index (χ1n) is 4.79. The molecule has 0 spiro atoms. The molecule has 0 bridgehead atoms. The van der Waals surface area contributed by atoms with Gasteiger partial charge in [0.15, 0.2) is 0 Å². The molecular weight excluding hydrogens is 215 g/mol. The molecule has 0 aromatic carbocycles. The Balaban J connectivity index is 1.99. The van der Waals surface area contributed by atoms with Gasteiger partial charge in [0, 0.05) is 6.07 Å². The second kappa shape index (κ2) is 4.61. The summed E-state index contributed by atoms with van der Waals surface area (Å²) in [6.07, 6.45) is 4.53. The molecule has 5 heteroatoms. The number of hydrogen-bond donors (Lipinski definition) is 1. The van der Waals surface area contributed by atoms with Crippen molar-refractivity contribution in [1.82, 2.24) is 4.98 Å². The zero-order valence-electron chi connectivity index (χ0n) is 8.07. The average molecular weight is 226 g/mol. The van der Waals surface area contributed by atoms with Gasteiger partial charge in [0.2, 0.25) is 5.91 Å². The van der Waals surface area contributed by atoms with Gasteiger partial charge in [-0.2, -0.15) is 0 Å². The SMILES string of the molecule is O=C(Nc1cncc(F)c1)[C@@H]1CCCS1. The number of aromatic nitrogens is 1. The lowest BCUT2D eigenvalue weighted by Crippen LogP contribution is -2.22. The maximum atomic E-state index is 12.8. The van der Waals surface area contributed by atoms with Crippen LogP contribution >= 0.6 is 11.8 Å². The van der Waals surface area contributed by atoms with Gasteiger partial charge < -0.3 is 5.32 Å². The van der Waals surface area contributed by atoms with Gasteiger partial charge in [-0.05, 0) is 18.6 Å². The van der Waals surface area contributed by atoms with Crippen molar-refractivity contribution >= 4 is 23.4 Å². The normalized spacial score (nSPS) is 20.2. The molecule has 0 radical (unpaired) electrons. The highest BCUT2D eigenvalue weighted by Crippen LogP contribution is 2.27. The van der Waals surface area contributed by atoms with Crippen LogP contribution in [0.15, 0.2) is 18.5 Å². The summed E-state index contributed by atoms with van der Waals surface area (Å²) in [7, 11) is 0. The summed E-state index contributed by atoms with van der Waals surface area (Å²) in [6.45, 7) is 0. The molecular formula is C10H11FN2OS. The monoisotopic (exact) mass is 226 g/mol. The van der Waals surface area contributed by atoms with Gasteiger partial charge in [0.25, 0.3) is 0 Å². The highest BCUT2D eigenvalue weighted by Gasteiger charge is 2.23. The van der Waals surface area contributed by atoms with Crippen LogP contribution in [-0.2, 0) is 4.79 Å². The summed E-state index contributed by atoms with van der Waals surface area (Å²) in [5.74, 6) is 0.538. The number of amides is 1. The molecule has 0 unspecified atom stereocenters. The molecule has 1 amide bonds. The van der Waals surface area contributed by atoms with Crippen LogP contribution in [0.1, 0.15) is 12.8 Å². The molecule has 0 saturated carbocycles. The number of carbonyl (C=O) groups is 1. The minimum absolute atomic E-state index is 0.00765. The molecule has 2 rings (SSSR count). The standard InChI is InChI=1S/C10H11FN2OS/c11-7-4-8(6-12-5-7)13-10(14)9-2-1-3-15-9/h4-6,9H,1-3H2,(H,13,14)/t9-/m0/s1. The fourth-order valence-electron chi connectivity index (χ4n) is 1.49. The Morgan fingerprint density at radius 3 is 3.13 bits per heavy atom. The van der Waals surface area contributed by atoms with Crippen LogP contribution in [-0.4, -0.2) is 21.9 Å². The number of nitrogens with one attached hydrogen (secondary N) is 1. The number of anilines is 1. The summed E-state index contributed by atoms with van der Waals surface area (Å²) >= 11 is 1.65. The fourth-order valence-corrected chi connectivity index (χ4v) is 2.65. The molecule has 3 nitrogen and oxygen atoms in total. The quantitative estimate of drug-likeness (QED) is 0.839. The van der Waals surface area contributed by atoms with E-state index < -0.39 is 5.82 Å². The van der Waals surface area contributed by atoms with Crippen LogP contribution in [0.2, 0.25) is 0 Å². The first kappa shape index (κ1) is 10.4. The Hall–Kier alpha value is -1.10. The zero-order chi connectivity index (χ0) is 10.7. The van der Waals surface area contributed by atoms with Gasteiger partial charge >= 0.3 is 0 Å². The first-order valence-corrected chi connectivity index (χ1v) is 5.83. The van der Waals surface area contributed by atoms with Crippen molar-refractivity contribution in [2.24, 2.45) is 0 Å². The predicted molar refractivity (Wildman–Crippen MR) is 58.3 cm³/mol. The Kier molecular flexibility index (Phi) is 3.20. The van der Waals surface area contributed by atoms with Crippen LogP contribution < -0.4 is 5.32 Å². The van der Waals surface area contributed by atoms with E-state index in [1.165, 1.54) is 12.3 Å². The Morgan fingerprint density at radius 2 is 2.47 bits per heavy atom. The summed E-state index contributed by atoms with van der Waals surface area (Å²) in [5.41, 5.74) is 0.424. The van der Waals surface area contributed by atoms with Crippen LogP contribution in [0.5, 0.6) is 0 Å². The van der Waals surface area contributed by atoms with E-state index in [4.69, 9.17) is 0 Å². The van der Waals surface area contributed by atoms with Crippen molar-refractivity contribution in [2.75, 3.05) is 11.1 Å². The molecule has 1 saturated heterocycles. The Bertz CT molecular complexity index is 366. The van der Waals surface area contributed by atoms with Gasteiger partial charge in [-0.15, -0.1) is 11.8 Å². The van der Waals surface area contributed by atoms with Crippen molar-refractivity contribution in [3.8, 4) is 0 Å². The summed E-state index contributed by atoms with van der Waals surface area (Å²) in [4.78, 5) is 15.3. The third kappa shape index (κ3) is 2.68. The molecule has 1 fully saturated rings. The Morgan fingerprint density at radius 1 is 1.60 bits per heavy atom. The van der Waals surface area contributed by atoms with Crippen molar-refractivity contribution in [2.45, 2.75) is 18.1 Å². The molecule has 1 aromatic heterocycles. The van der Waals surface area contributed by atoms with Gasteiger partial charge in [0.1, 0.15) is 5.82 Å². The van der Waals surface area contributed by atoms with E-state index in [-0.39, 0.29) is 11.2 Å². The van der Waals surface area contributed by atoms with Gasteiger partial charge in [-0.25, -0.2) is 4.39 Å². The fraction of sp³-hybridized carbons (Fsp3) is 0.400. The van der Waals surface area contributed by atoms with E-state index in [1.54, 1.807) is 11.8 Å². The summed E-state index contributed by atoms with van der Waals surface area (Å²) in [6, 6.07) is 1.27. The first-order chi connectivity index (χ1) is 7.25. The molecule has 1 aliphatic heterocycles. The molecule has 15 heavy (non-hydrogen) atoms. The number of halogens is 1. The van der Waals surface area contributed by atoms with Crippen LogP contribution in [0, 0.1) is 5.82 Å². The van der Waals surface area contributed by atoms with E-state index >= 15 is 0 Å². The summed E-state index contributed by atoms with van der Waals surface area (Å²) < 4.78 is 12.8. The molecule has 1 aliphatic rings. The van der Waals surface area contributed by atoms with E-state index in [1.807, 2.05) is 0 Å². The van der Waals surface area contributed by atoms with Crippen molar-refractivity contribution < 1.29 is 9.18 Å². The predicted octanol–water partition coefficient (Wildman–Crippen LogP) is 2.05. The van der Waals surface area contributed by atoms with Crippen molar-refractivity contribution in [3.05, 3.63) is 24.3 Å². The highest BCUT2D eigenvalue weighted by atomic mass is 32.2. The Labute approximate surface area is 91.5 Å². The van der Waals surface area contributed by atoms with E-state index in [0.29, 0.717) is 5.69 Å². The van der Waals surface area contributed by atoms with Gasteiger partial charge in [-0.1, -0.05) is 0 Å². The molecule has 80 valence electrons. The van der Waals surface area contributed by atoms with Crippen molar-refractivity contribution in [3.63, 3.8) is 0 Å². The molecule has 1 atom stereocenters. The number of hydrogen-bond acceptors (Lipinski definition) is 3. The third-order valence-corrected chi connectivity index (χ3v) is 3.57. The van der Waals surface area contributed by atoms with Crippen LogP contribution in [0.4, 0.5) is 10.1 Å². The maximum absolute atomic E-state index is 12.8. The number of pyridine rings is 1. The highest BCUT2D eigenvalue weighted by molar-refractivity contribution is 8.00. The molecule has 1 N–H and O–H groups in total. The van der Waals surface area contributed by atoms with E-state index in [9.17, 15) is 9.18 Å². The number of thioether (sulfide) groups is 1. The number of rotatable bonds is 2. The summed E-state index contributed by atoms with van der Waals surface area (Å²) in [5, 5.41) is 2.67. The van der Waals surface area contributed by atoms with E-state index in [0.717, 1.165) is 24.8 Å². The number of nitrogens with zero attached hydrogens (tertiary/aromatic N) is 1.